The summed E-state index contributed by atoms with van der Waals surface area (Å²) < 4.78 is 33.9. The fourth-order valence-corrected chi connectivity index (χ4v) is 5.61. The standard InChI is InChI=1S/C24H20ClN5O3S/c1-14-8-9-15(2)21(12-14)34(31,32)24-23-27-22(26-16-10-11-20(33-3)18(25)13-16)17-6-4-5-7-19(17)30(23)29-28-24/h4-13H,1-3H3,(H,26,27). The van der Waals surface area contributed by atoms with E-state index in [0.29, 0.717) is 33.4 Å². The minimum Gasteiger partial charge on any atom is -0.495 e. The summed E-state index contributed by atoms with van der Waals surface area (Å²) in [7, 11) is -2.43. The Morgan fingerprint density at radius 2 is 1.82 bits per heavy atom. The molecule has 0 unspecified atom stereocenters. The second-order valence-electron chi connectivity index (χ2n) is 7.85. The molecular weight excluding hydrogens is 474 g/mol. The second kappa shape index (κ2) is 8.27. The number of fused-ring (bicyclic) bond motifs is 3. The summed E-state index contributed by atoms with van der Waals surface area (Å²) in [6.07, 6.45) is 0. The molecule has 2 aromatic heterocycles. The molecule has 1 N–H and O–H groups in total. The second-order valence-corrected chi connectivity index (χ2v) is 10.1. The zero-order valence-corrected chi connectivity index (χ0v) is 20.1. The molecule has 0 saturated heterocycles. The normalized spacial score (nSPS) is 11.8. The fraction of sp³-hybridized carbons (Fsp3) is 0.125. The number of aromatic nitrogens is 4. The van der Waals surface area contributed by atoms with E-state index in [1.807, 2.05) is 37.3 Å². The van der Waals surface area contributed by atoms with Crippen LogP contribution in [0.15, 0.2) is 70.6 Å². The Hall–Kier alpha value is -3.69. The number of nitrogens with zero attached hydrogens (tertiary/aromatic N) is 4. The van der Waals surface area contributed by atoms with E-state index in [4.69, 9.17) is 16.3 Å². The predicted octanol–water partition coefficient (Wildman–Crippen LogP) is 5.13. The smallest absolute Gasteiger partial charge is 0.229 e. The van der Waals surface area contributed by atoms with E-state index in [1.165, 1.54) is 4.52 Å². The maximum Gasteiger partial charge on any atom is 0.229 e. The molecule has 2 heterocycles. The zero-order valence-electron chi connectivity index (χ0n) is 18.6. The van der Waals surface area contributed by atoms with Gasteiger partial charge in [0.05, 0.1) is 22.5 Å². The number of sulfone groups is 1. The van der Waals surface area contributed by atoms with Crippen LogP contribution < -0.4 is 10.1 Å². The summed E-state index contributed by atoms with van der Waals surface area (Å²) in [4.78, 5) is 4.83. The quantitative estimate of drug-likeness (QED) is 0.362. The van der Waals surface area contributed by atoms with E-state index < -0.39 is 9.84 Å². The lowest BCUT2D eigenvalue weighted by Crippen LogP contribution is -2.07. The maximum absolute atomic E-state index is 13.6. The maximum atomic E-state index is 13.6. The van der Waals surface area contributed by atoms with Crippen LogP contribution in [0.3, 0.4) is 0 Å². The highest BCUT2D eigenvalue weighted by molar-refractivity contribution is 7.91. The molecule has 5 aromatic rings. The summed E-state index contributed by atoms with van der Waals surface area (Å²) in [6, 6.07) is 17.9. The van der Waals surface area contributed by atoms with Crippen molar-refractivity contribution in [2.45, 2.75) is 23.8 Å². The van der Waals surface area contributed by atoms with Crippen molar-refractivity contribution in [1.29, 1.82) is 0 Å². The first-order valence-corrected chi connectivity index (χ1v) is 12.2. The third-order valence-electron chi connectivity index (χ3n) is 5.52. The van der Waals surface area contributed by atoms with E-state index in [9.17, 15) is 8.42 Å². The predicted molar refractivity (Wildman–Crippen MR) is 131 cm³/mol. The molecule has 0 saturated carbocycles. The lowest BCUT2D eigenvalue weighted by atomic mass is 10.2. The van der Waals surface area contributed by atoms with E-state index in [-0.39, 0.29) is 15.6 Å². The molecule has 10 heteroatoms. The van der Waals surface area contributed by atoms with Gasteiger partial charge in [-0.3, -0.25) is 0 Å². The minimum atomic E-state index is -3.97. The molecule has 8 nitrogen and oxygen atoms in total. The summed E-state index contributed by atoms with van der Waals surface area (Å²) in [6.45, 7) is 3.59. The highest BCUT2D eigenvalue weighted by Crippen LogP contribution is 2.33. The monoisotopic (exact) mass is 493 g/mol. The molecule has 34 heavy (non-hydrogen) atoms. The number of benzene rings is 3. The number of aryl methyl sites for hydroxylation is 2. The molecule has 0 aliphatic heterocycles. The number of para-hydroxylation sites is 1. The number of rotatable bonds is 5. The van der Waals surface area contributed by atoms with Gasteiger partial charge in [0, 0.05) is 11.1 Å². The Bertz CT molecular complexity index is 1680. The van der Waals surface area contributed by atoms with Gasteiger partial charge in [-0.05, 0) is 61.4 Å². The molecule has 0 bridgehead atoms. The van der Waals surface area contributed by atoms with Gasteiger partial charge in [-0.2, -0.15) is 4.52 Å². The van der Waals surface area contributed by atoms with Crippen LogP contribution in [-0.4, -0.2) is 35.3 Å². The van der Waals surface area contributed by atoms with Crippen LogP contribution in [-0.2, 0) is 9.84 Å². The lowest BCUT2D eigenvalue weighted by Gasteiger charge is -2.12. The van der Waals surface area contributed by atoms with Crippen LogP contribution >= 0.6 is 11.6 Å². The van der Waals surface area contributed by atoms with Crippen LogP contribution in [0.5, 0.6) is 5.75 Å². The molecule has 0 amide bonds. The molecule has 0 atom stereocenters. The number of halogens is 1. The number of nitrogens with one attached hydrogen (secondary N) is 1. The van der Waals surface area contributed by atoms with Crippen LogP contribution in [0.4, 0.5) is 11.5 Å². The fourth-order valence-electron chi connectivity index (χ4n) is 3.80. The van der Waals surface area contributed by atoms with Crippen molar-refractivity contribution in [2.24, 2.45) is 0 Å². The van der Waals surface area contributed by atoms with Gasteiger partial charge in [-0.25, -0.2) is 13.4 Å². The summed E-state index contributed by atoms with van der Waals surface area (Å²) in [5.74, 6) is 0.992. The summed E-state index contributed by atoms with van der Waals surface area (Å²) in [5.41, 5.74) is 2.90. The average molecular weight is 494 g/mol. The SMILES string of the molecule is COc1ccc(Nc2nc3c(S(=O)(=O)c4cc(C)ccc4C)nnn3c3ccccc23)cc1Cl. The van der Waals surface area contributed by atoms with Crippen LogP contribution in [0.1, 0.15) is 11.1 Å². The van der Waals surface area contributed by atoms with Gasteiger partial charge in [0.25, 0.3) is 0 Å². The topological polar surface area (TPSA) is 98.5 Å². The number of ether oxygens (including phenoxy) is 1. The van der Waals surface area contributed by atoms with Crippen molar-refractivity contribution in [1.82, 2.24) is 19.8 Å². The van der Waals surface area contributed by atoms with E-state index >= 15 is 0 Å². The molecule has 5 rings (SSSR count). The molecular formula is C24H20ClN5O3S. The Morgan fingerprint density at radius 3 is 2.59 bits per heavy atom. The van der Waals surface area contributed by atoms with E-state index in [1.54, 1.807) is 44.4 Å². The Labute approximate surface area is 201 Å². The number of anilines is 2. The van der Waals surface area contributed by atoms with Crippen molar-refractivity contribution in [3.8, 4) is 5.75 Å². The van der Waals surface area contributed by atoms with Crippen LogP contribution in [0, 0.1) is 13.8 Å². The van der Waals surface area contributed by atoms with Crippen molar-refractivity contribution >= 4 is 49.5 Å². The first-order chi connectivity index (χ1) is 16.3. The average Bonchev–Trinajstić information content (AvgIpc) is 3.26. The molecule has 0 aliphatic carbocycles. The van der Waals surface area contributed by atoms with Crippen LogP contribution in [0.25, 0.3) is 16.6 Å². The Balaban J connectivity index is 1.72. The highest BCUT2D eigenvalue weighted by atomic mass is 35.5. The Kier molecular flexibility index (Phi) is 5.38. The first kappa shape index (κ1) is 22.1. The van der Waals surface area contributed by atoms with Gasteiger partial charge in [-0.1, -0.05) is 41.1 Å². The Morgan fingerprint density at radius 1 is 1.03 bits per heavy atom. The summed E-state index contributed by atoms with van der Waals surface area (Å²) >= 11 is 6.28. The van der Waals surface area contributed by atoms with Gasteiger partial charge in [0.2, 0.25) is 14.9 Å². The number of hydrogen-bond acceptors (Lipinski definition) is 7. The largest absolute Gasteiger partial charge is 0.495 e. The molecule has 3 aromatic carbocycles. The molecule has 0 spiro atoms. The van der Waals surface area contributed by atoms with Gasteiger partial charge in [-0.15, -0.1) is 5.10 Å². The number of hydrogen-bond donors (Lipinski definition) is 1. The minimum absolute atomic E-state index is 0.127. The third-order valence-corrected chi connectivity index (χ3v) is 7.61. The molecule has 0 radical (unpaired) electrons. The van der Waals surface area contributed by atoms with Gasteiger partial charge < -0.3 is 10.1 Å². The lowest BCUT2D eigenvalue weighted by molar-refractivity contribution is 0.415. The van der Waals surface area contributed by atoms with Gasteiger partial charge >= 0.3 is 0 Å². The molecule has 172 valence electrons. The zero-order chi connectivity index (χ0) is 24.0. The van der Waals surface area contributed by atoms with Gasteiger partial charge in [0.1, 0.15) is 11.6 Å². The van der Waals surface area contributed by atoms with Crippen molar-refractivity contribution in [3.63, 3.8) is 0 Å². The molecule has 0 fully saturated rings. The number of methoxy groups -OCH3 is 1. The molecule has 0 aliphatic rings. The summed E-state index contributed by atoms with van der Waals surface area (Å²) in [5, 5.41) is 12.4. The van der Waals surface area contributed by atoms with Crippen molar-refractivity contribution in [2.75, 3.05) is 12.4 Å². The van der Waals surface area contributed by atoms with E-state index in [0.717, 1.165) is 10.9 Å². The highest BCUT2D eigenvalue weighted by Gasteiger charge is 2.28. The van der Waals surface area contributed by atoms with Crippen molar-refractivity contribution < 1.29 is 13.2 Å². The van der Waals surface area contributed by atoms with Gasteiger partial charge in [0.15, 0.2) is 5.65 Å². The first-order valence-electron chi connectivity index (χ1n) is 10.4. The van der Waals surface area contributed by atoms with Crippen molar-refractivity contribution in [3.05, 3.63) is 76.8 Å². The van der Waals surface area contributed by atoms with E-state index in [2.05, 4.69) is 20.6 Å². The third kappa shape index (κ3) is 3.63. The van der Waals surface area contributed by atoms with Crippen LogP contribution in [0.2, 0.25) is 5.02 Å².